The second kappa shape index (κ2) is 6.31. The van der Waals surface area contributed by atoms with Crippen molar-refractivity contribution < 1.29 is 12.8 Å². The van der Waals surface area contributed by atoms with Gasteiger partial charge in [-0.25, -0.2) is 8.42 Å². The number of aryl methyl sites for hydroxylation is 2. The van der Waals surface area contributed by atoms with Crippen molar-refractivity contribution in [3.05, 3.63) is 30.0 Å². The van der Waals surface area contributed by atoms with E-state index in [1.165, 1.54) is 6.20 Å². The van der Waals surface area contributed by atoms with Crippen LogP contribution in [0.5, 0.6) is 0 Å². The first-order chi connectivity index (χ1) is 9.96. The largest absolute Gasteiger partial charge is 0.464 e. The fraction of sp³-hybridized carbons (Fsp3) is 0.462. The Morgan fingerprint density at radius 1 is 1.38 bits per heavy atom. The average Bonchev–Trinajstić information content (AvgIpc) is 3.02. The van der Waals surface area contributed by atoms with Crippen LogP contribution in [0.1, 0.15) is 25.4 Å². The first-order valence-corrected chi connectivity index (χ1v) is 8.30. The molecule has 2 heterocycles. The fourth-order valence-electron chi connectivity index (χ4n) is 1.93. The van der Waals surface area contributed by atoms with Crippen LogP contribution in [0.3, 0.4) is 0 Å². The van der Waals surface area contributed by atoms with Gasteiger partial charge in [0.05, 0.1) is 18.4 Å². The molecule has 0 atom stereocenters. The van der Waals surface area contributed by atoms with Crippen LogP contribution in [0, 0.1) is 6.92 Å². The smallest absolute Gasteiger partial charge is 0.265 e. The van der Waals surface area contributed by atoms with Crippen molar-refractivity contribution >= 4 is 15.7 Å². The molecular formula is C13H20N4O3S. The molecule has 116 valence electrons. The normalized spacial score (nSPS) is 11.8. The van der Waals surface area contributed by atoms with E-state index in [-0.39, 0.29) is 4.90 Å². The summed E-state index contributed by atoms with van der Waals surface area (Å²) >= 11 is 0. The van der Waals surface area contributed by atoms with E-state index >= 15 is 0 Å². The summed E-state index contributed by atoms with van der Waals surface area (Å²) in [6.45, 7) is 7.51. The first-order valence-electron chi connectivity index (χ1n) is 6.81. The SMILES string of the molecule is CCNCc1cc(S(=O)(=O)Nc2cnn(CC)c2)c(C)o1. The molecule has 0 aromatic carbocycles. The van der Waals surface area contributed by atoms with E-state index in [1.807, 2.05) is 13.8 Å². The third kappa shape index (κ3) is 3.64. The Hall–Kier alpha value is -1.80. The van der Waals surface area contributed by atoms with Crippen LogP contribution in [-0.2, 0) is 23.1 Å². The number of aromatic nitrogens is 2. The Morgan fingerprint density at radius 3 is 2.76 bits per heavy atom. The molecule has 2 rings (SSSR count). The molecule has 2 aromatic heterocycles. The molecule has 0 aliphatic rings. The summed E-state index contributed by atoms with van der Waals surface area (Å²) in [5.74, 6) is 0.970. The van der Waals surface area contributed by atoms with E-state index in [1.54, 1.807) is 23.9 Å². The summed E-state index contributed by atoms with van der Waals surface area (Å²) in [6.07, 6.45) is 3.13. The van der Waals surface area contributed by atoms with Crippen molar-refractivity contribution in [2.75, 3.05) is 11.3 Å². The van der Waals surface area contributed by atoms with Gasteiger partial charge < -0.3 is 9.73 Å². The maximum absolute atomic E-state index is 12.4. The molecule has 0 unspecified atom stereocenters. The predicted octanol–water partition coefficient (Wildman–Crippen LogP) is 1.71. The topological polar surface area (TPSA) is 89.2 Å². The van der Waals surface area contributed by atoms with E-state index in [0.717, 1.165) is 6.54 Å². The highest BCUT2D eigenvalue weighted by atomic mass is 32.2. The summed E-state index contributed by atoms with van der Waals surface area (Å²) in [7, 11) is -3.67. The standard InChI is InChI=1S/C13H20N4O3S/c1-4-14-8-12-6-13(10(3)20-12)21(18,19)16-11-7-15-17(5-2)9-11/h6-7,9,14,16H,4-5,8H2,1-3H3. The van der Waals surface area contributed by atoms with E-state index in [0.29, 0.717) is 30.3 Å². The maximum Gasteiger partial charge on any atom is 0.265 e. The van der Waals surface area contributed by atoms with Crippen LogP contribution in [-0.4, -0.2) is 24.7 Å². The number of anilines is 1. The number of rotatable bonds is 7. The van der Waals surface area contributed by atoms with Gasteiger partial charge in [0, 0.05) is 18.8 Å². The average molecular weight is 312 g/mol. The highest BCUT2D eigenvalue weighted by Gasteiger charge is 2.22. The van der Waals surface area contributed by atoms with Gasteiger partial charge in [-0.05, 0) is 20.4 Å². The number of hydrogen-bond acceptors (Lipinski definition) is 5. The van der Waals surface area contributed by atoms with Crippen LogP contribution in [0.2, 0.25) is 0 Å². The van der Waals surface area contributed by atoms with Gasteiger partial charge in [-0.2, -0.15) is 5.10 Å². The first kappa shape index (κ1) is 15.6. The minimum absolute atomic E-state index is 0.152. The molecule has 0 amide bonds. The summed E-state index contributed by atoms with van der Waals surface area (Å²) < 4.78 is 34.4. The van der Waals surface area contributed by atoms with Gasteiger partial charge in [0.15, 0.2) is 0 Å². The minimum atomic E-state index is -3.67. The van der Waals surface area contributed by atoms with Gasteiger partial charge >= 0.3 is 0 Å². The summed E-state index contributed by atoms with van der Waals surface area (Å²) in [5, 5.41) is 7.13. The Kier molecular flexibility index (Phi) is 4.69. The molecule has 0 aliphatic heterocycles. The maximum atomic E-state index is 12.4. The van der Waals surface area contributed by atoms with Gasteiger partial charge in [0.1, 0.15) is 16.4 Å². The summed E-state index contributed by atoms with van der Waals surface area (Å²) in [6, 6.07) is 1.55. The number of sulfonamides is 1. The Bertz CT molecular complexity index is 703. The monoisotopic (exact) mass is 312 g/mol. The molecule has 0 saturated heterocycles. The Morgan fingerprint density at radius 2 is 2.14 bits per heavy atom. The quantitative estimate of drug-likeness (QED) is 0.812. The molecular weight excluding hydrogens is 292 g/mol. The van der Waals surface area contributed by atoms with Crippen LogP contribution < -0.4 is 10.0 Å². The summed E-state index contributed by atoms with van der Waals surface area (Å²) in [4.78, 5) is 0.152. The number of nitrogens with zero attached hydrogens (tertiary/aromatic N) is 2. The molecule has 21 heavy (non-hydrogen) atoms. The van der Waals surface area contributed by atoms with Gasteiger partial charge in [-0.3, -0.25) is 9.40 Å². The molecule has 2 N–H and O–H groups in total. The van der Waals surface area contributed by atoms with Crippen LogP contribution in [0.25, 0.3) is 0 Å². The van der Waals surface area contributed by atoms with E-state index in [4.69, 9.17) is 4.42 Å². The fourth-order valence-corrected chi connectivity index (χ4v) is 3.16. The molecule has 0 saturated carbocycles. The number of hydrogen-bond donors (Lipinski definition) is 2. The van der Waals surface area contributed by atoms with Crippen molar-refractivity contribution in [1.82, 2.24) is 15.1 Å². The molecule has 8 heteroatoms. The van der Waals surface area contributed by atoms with Crippen LogP contribution >= 0.6 is 0 Å². The van der Waals surface area contributed by atoms with Gasteiger partial charge in [-0.15, -0.1) is 0 Å². The molecule has 0 aliphatic carbocycles. The van der Waals surface area contributed by atoms with Gasteiger partial charge in [0.2, 0.25) is 0 Å². The highest BCUT2D eigenvalue weighted by Crippen LogP contribution is 2.22. The lowest BCUT2D eigenvalue weighted by molar-refractivity contribution is 0.460. The van der Waals surface area contributed by atoms with Crippen molar-refractivity contribution in [1.29, 1.82) is 0 Å². The number of furan rings is 1. The second-order valence-corrected chi connectivity index (χ2v) is 6.25. The van der Waals surface area contributed by atoms with Gasteiger partial charge in [-0.1, -0.05) is 6.92 Å². The zero-order valence-electron chi connectivity index (χ0n) is 12.4. The lowest BCUT2D eigenvalue weighted by Crippen LogP contribution is -2.13. The predicted molar refractivity (Wildman–Crippen MR) is 79.5 cm³/mol. The molecule has 0 spiro atoms. The third-order valence-electron chi connectivity index (χ3n) is 2.97. The van der Waals surface area contributed by atoms with Crippen molar-refractivity contribution in [2.24, 2.45) is 0 Å². The van der Waals surface area contributed by atoms with Crippen molar-refractivity contribution in [3.63, 3.8) is 0 Å². The molecule has 0 fully saturated rings. The van der Waals surface area contributed by atoms with E-state index in [9.17, 15) is 8.42 Å². The lowest BCUT2D eigenvalue weighted by atomic mass is 10.4. The Labute approximate surface area is 124 Å². The summed E-state index contributed by atoms with van der Waals surface area (Å²) in [5.41, 5.74) is 0.436. The minimum Gasteiger partial charge on any atom is -0.464 e. The third-order valence-corrected chi connectivity index (χ3v) is 4.46. The second-order valence-electron chi connectivity index (χ2n) is 4.60. The van der Waals surface area contributed by atoms with Crippen molar-refractivity contribution in [3.8, 4) is 0 Å². The Balaban J connectivity index is 2.20. The van der Waals surface area contributed by atoms with E-state index < -0.39 is 10.0 Å². The lowest BCUT2D eigenvalue weighted by Gasteiger charge is -2.03. The molecule has 0 radical (unpaired) electrons. The van der Waals surface area contributed by atoms with Crippen LogP contribution in [0.4, 0.5) is 5.69 Å². The number of nitrogens with one attached hydrogen (secondary N) is 2. The highest BCUT2D eigenvalue weighted by molar-refractivity contribution is 7.92. The van der Waals surface area contributed by atoms with Crippen molar-refractivity contribution in [2.45, 2.75) is 38.8 Å². The van der Waals surface area contributed by atoms with Crippen LogP contribution in [0.15, 0.2) is 27.8 Å². The zero-order valence-corrected chi connectivity index (χ0v) is 13.2. The molecule has 7 nitrogen and oxygen atoms in total. The zero-order chi connectivity index (χ0) is 15.5. The van der Waals surface area contributed by atoms with Gasteiger partial charge in [0.25, 0.3) is 10.0 Å². The molecule has 0 bridgehead atoms. The molecule has 2 aromatic rings. The van der Waals surface area contributed by atoms with E-state index in [2.05, 4.69) is 15.1 Å².